The largest absolute Gasteiger partial charge is 0.468 e. The molecule has 0 radical (unpaired) electrons. The van der Waals surface area contributed by atoms with Crippen molar-refractivity contribution in [1.82, 2.24) is 4.90 Å². The third-order valence-corrected chi connectivity index (χ3v) is 2.90. The summed E-state index contributed by atoms with van der Waals surface area (Å²) in [6, 6.07) is 0. The first-order valence-electron chi connectivity index (χ1n) is 5.57. The first-order valence-corrected chi connectivity index (χ1v) is 5.57. The average molecular weight is 229 g/mol. The van der Waals surface area contributed by atoms with Gasteiger partial charge in [-0.1, -0.05) is 0 Å². The summed E-state index contributed by atoms with van der Waals surface area (Å²) in [4.78, 5) is 25.0. The van der Waals surface area contributed by atoms with Gasteiger partial charge in [-0.15, -0.1) is 0 Å². The van der Waals surface area contributed by atoms with Crippen molar-refractivity contribution in [2.24, 2.45) is 5.92 Å². The monoisotopic (exact) mass is 229 g/mol. The van der Waals surface area contributed by atoms with E-state index in [2.05, 4.69) is 14.4 Å². The number of likely N-dealkylation sites (tertiary alicyclic amines) is 1. The molecule has 1 heterocycles. The molecule has 1 aliphatic heterocycles. The maximum Gasteiger partial charge on any atom is 0.320 e. The zero-order valence-electron chi connectivity index (χ0n) is 9.90. The number of hydrogen-bond acceptors (Lipinski definition) is 5. The zero-order chi connectivity index (χ0) is 12.0. The van der Waals surface area contributed by atoms with E-state index < -0.39 is 17.9 Å². The summed E-state index contributed by atoms with van der Waals surface area (Å²) in [5, 5.41) is 0. The molecule has 1 aliphatic rings. The molecule has 1 fully saturated rings. The molecule has 16 heavy (non-hydrogen) atoms. The number of carbonyl (C=O) groups is 2. The Morgan fingerprint density at radius 3 is 2.06 bits per heavy atom. The number of hydrogen-bond donors (Lipinski definition) is 0. The van der Waals surface area contributed by atoms with Gasteiger partial charge in [-0.2, -0.15) is 0 Å². The number of esters is 2. The zero-order valence-corrected chi connectivity index (χ0v) is 9.90. The second-order valence-corrected chi connectivity index (χ2v) is 3.94. The molecular weight excluding hydrogens is 210 g/mol. The van der Waals surface area contributed by atoms with Gasteiger partial charge in [-0.25, -0.2) is 0 Å². The van der Waals surface area contributed by atoms with Crippen molar-refractivity contribution < 1.29 is 19.1 Å². The number of methoxy groups -OCH3 is 2. The van der Waals surface area contributed by atoms with Crippen LogP contribution in [0.3, 0.4) is 0 Å². The topological polar surface area (TPSA) is 55.8 Å². The smallest absolute Gasteiger partial charge is 0.320 e. The molecule has 0 aliphatic carbocycles. The van der Waals surface area contributed by atoms with E-state index in [1.54, 1.807) is 0 Å². The molecule has 0 atom stereocenters. The molecule has 0 amide bonds. The van der Waals surface area contributed by atoms with Crippen LogP contribution in [-0.2, 0) is 19.1 Å². The Morgan fingerprint density at radius 1 is 1.12 bits per heavy atom. The Labute approximate surface area is 95.7 Å². The number of carbonyl (C=O) groups excluding carboxylic acids is 2. The van der Waals surface area contributed by atoms with Gasteiger partial charge in [0.2, 0.25) is 0 Å². The van der Waals surface area contributed by atoms with Crippen molar-refractivity contribution in [2.45, 2.75) is 19.3 Å². The lowest BCUT2D eigenvalue weighted by Gasteiger charge is -2.17. The Hall–Kier alpha value is -1.10. The summed E-state index contributed by atoms with van der Waals surface area (Å²) in [7, 11) is 2.57. The number of nitrogens with zero attached hydrogens (tertiary/aromatic N) is 1. The second kappa shape index (κ2) is 6.48. The first kappa shape index (κ1) is 13.0. The third kappa shape index (κ3) is 3.48. The van der Waals surface area contributed by atoms with Crippen LogP contribution in [0.5, 0.6) is 0 Å². The molecule has 0 spiro atoms. The van der Waals surface area contributed by atoms with Gasteiger partial charge in [0.15, 0.2) is 5.92 Å². The molecular formula is C11H19NO4. The van der Waals surface area contributed by atoms with Crippen molar-refractivity contribution in [2.75, 3.05) is 33.9 Å². The lowest BCUT2D eigenvalue weighted by molar-refractivity contribution is -0.159. The van der Waals surface area contributed by atoms with Crippen LogP contribution in [0.15, 0.2) is 0 Å². The molecule has 0 aromatic rings. The molecule has 0 bridgehead atoms. The summed E-state index contributed by atoms with van der Waals surface area (Å²) in [5.41, 5.74) is 0. The van der Waals surface area contributed by atoms with Crippen LogP contribution in [-0.4, -0.2) is 50.7 Å². The SMILES string of the molecule is COC(=O)C(CCN1CCCC1)C(=O)OC. The third-order valence-electron chi connectivity index (χ3n) is 2.90. The number of rotatable bonds is 5. The van der Waals surface area contributed by atoms with Gasteiger partial charge >= 0.3 is 11.9 Å². The Bertz CT molecular complexity index is 232. The summed E-state index contributed by atoms with van der Waals surface area (Å²) in [6.45, 7) is 2.85. The van der Waals surface area contributed by atoms with Gasteiger partial charge in [0.05, 0.1) is 14.2 Å². The van der Waals surface area contributed by atoms with E-state index in [1.165, 1.54) is 27.1 Å². The Balaban J connectivity index is 2.42. The van der Waals surface area contributed by atoms with Crippen LogP contribution in [0.2, 0.25) is 0 Å². The van der Waals surface area contributed by atoms with Crippen molar-refractivity contribution in [3.05, 3.63) is 0 Å². The molecule has 92 valence electrons. The highest BCUT2D eigenvalue weighted by Gasteiger charge is 2.29. The van der Waals surface area contributed by atoms with E-state index in [0.29, 0.717) is 6.42 Å². The van der Waals surface area contributed by atoms with Gasteiger partial charge in [0.1, 0.15) is 0 Å². The Morgan fingerprint density at radius 2 is 1.62 bits per heavy atom. The lowest BCUT2D eigenvalue weighted by atomic mass is 10.1. The highest BCUT2D eigenvalue weighted by atomic mass is 16.5. The molecule has 5 heteroatoms. The molecule has 0 aromatic heterocycles. The summed E-state index contributed by atoms with van der Waals surface area (Å²) in [5.74, 6) is -1.80. The standard InChI is InChI=1S/C11H19NO4/c1-15-10(13)9(11(14)16-2)5-8-12-6-3-4-7-12/h9H,3-8H2,1-2H3. The average Bonchev–Trinajstić information content (AvgIpc) is 2.81. The molecule has 5 nitrogen and oxygen atoms in total. The molecule has 0 aromatic carbocycles. The van der Waals surface area contributed by atoms with Crippen LogP contribution in [0, 0.1) is 5.92 Å². The van der Waals surface area contributed by atoms with E-state index in [-0.39, 0.29) is 0 Å². The predicted octanol–water partition coefficient (Wildman–Crippen LogP) is 0.434. The quantitative estimate of drug-likeness (QED) is 0.505. The van der Waals surface area contributed by atoms with E-state index in [4.69, 9.17) is 0 Å². The van der Waals surface area contributed by atoms with Gasteiger partial charge in [-0.05, 0) is 38.9 Å². The summed E-state index contributed by atoms with van der Waals surface area (Å²) >= 11 is 0. The van der Waals surface area contributed by atoms with Crippen LogP contribution in [0.4, 0.5) is 0 Å². The fraction of sp³-hybridized carbons (Fsp3) is 0.818. The first-order chi connectivity index (χ1) is 7.69. The minimum Gasteiger partial charge on any atom is -0.468 e. The molecule has 1 saturated heterocycles. The summed E-state index contributed by atoms with van der Waals surface area (Å²) < 4.78 is 9.18. The molecule has 1 rings (SSSR count). The second-order valence-electron chi connectivity index (χ2n) is 3.94. The predicted molar refractivity (Wildman–Crippen MR) is 57.8 cm³/mol. The Kier molecular flexibility index (Phi) is 5.25. The van der Waals surface area contributed by atoms with Crippen LogP contribution in [0.25, 0.3) is 0 Å². The van der Waals surface area contributed by atoms with Gasteiger partial charge in [0, 0.05) is 0 Å². The highest BCUT2D eigenvalue weighted by molar-refractivity contribution is 5.94. The minimum atomic E-state index is -0.782. The van der Waals surface area contributed by atoms with Crippen LogP contribution in [0.1, 0.15) is 19.3 Å². The van der Waals surface area contributed by atoms with Gasteiger partial charge in [0.25, 0.3) is 0 Å². The molecule has 0 N–H and O–H groups in total. The summed E-state index contributed by atoms with van der Waals surface area (Å²) in [6.07, 6.45) is 2.86. The van der Waals surface area contributed by atoms with Crippen LogP contribution < -0.4 is 0 Å². The van der Waals surface area contributed by atoms with Crippen molar-refractivity contribution in [1.29, 1.82) is 0 Å². The van der Waals surface area contributed by atoms with Gasteiger partial charge < -0.3 is 14.4 Å². The van der Waals surface area contributed by atoms with E-state index in [1.807, 2.05) is 0 Å². The van der Waals surface area contributed by atoms with E-state index in [0.717, 1.165) is 19.6 Å². The molecule has 0 saturated carbocycles. The molecule has 0 unspecified atom stereocenters. The van der Waals surface area contributed by atoms with Crippen LogP contribution >= 0.6 is 0 Å². The minimum absolute atomic E-state index is 0.472. The van der Waals surface area contributed by atoms with Crippen molar-refractivity contribution >= 4 is 11.9 Å². The van der Waals surface area contributed by atoms with Gasteiger partial charge in [-0.3, -0.25) is 9.59 Å². The maximum atomic E-state index is 11.4. The number of ether oxygens (including phenoxy) is 2. The van der Waals surface area contributed by atoms with E-state index in [9.17, 15) is 9.59 Å². The lowest BCUT2D eigenvalue weighted by Crippen LogP contribution is -2.31. The van der Waals surface area contributed by atoms with E-state index >= 15 is 0 Å². The fourth-order valence-electron chi connectivity index (χ4n) is 1.93. The fourth-order valence-corrected chi connectivity index (χ4v) is 1.93. The normalized spacial score (nSPS) is 16.4. The van der Waals surface area contributed by atoms with Crippen molar-refractivity contribution in [3.63, 3.8) is 0 Å². The maximum absolute atomic E-state index is 11.4. The van der Waals surface area contributed by atoms with Crippen molar-refractivity contribution in [3.8, 4) is 0 Å². The highest BCUT2D eigenvalue weighted by Crippen LogP contribution is 2.13.